The number of carbonyl (C=O) groups is 1. The number of carbonyl (C=O) groups excluding carboxylic acids is 1. The fourth-order valence-electron chi connectivity index (χ4n) is 3.23. The van der Waals surface area contributed by atoms with Gasteiger partial charge in [0.05, 0.1) is 0 Å². The van der Waals surface area contributed by atoms with Crippen LogP contribution in [0.2, 0.25) is 0 Å². The molecule has 0 aliphatic heterocycles. The Balaban J connectivity index is 1.66. The van der Waals surface area contributed by atoms with Crippen LogP contribution in [0.25, 0.3) is 11.0 Å². The van der Waals surface area contributed by atoms with Crippen LogP contribution in [0.5, 0.6) is 0 Å². The van der Waals surface area contributed by atoms with E-state index in [0.29, 0.717) is 18.0 Å². The molecule has 0 bridgehead atoms. The van der Waals surface area contributed by atoms with E-state index in [1.807, 2.05) is 36.5 Å². The summed E-state index contributed by atoms with van der Waals surface area (Å²) in [5, 5.41) is 4.21. The van der Waals surface area contributed by atoms with Crippen LogP contribution < -0.4 is 5.32 Å². The van der Waals surface area contributed by atoms with Crippen molar-refractivity contribution >= 4 is 16.9 Å². The predicted octanol–water partition coefficient (Wildman–Crippen LogP) is 4.23. The van der Waals surface area contributed by atoms with Crippen LogP contribution in [-0.2, 0) is 19.4 Å². The number of rotatable bonds is 7. The van der Waals surface area contributed by atoms with Gasteiger partial charge in [0.25, 0.3) is 5.91 Å². The fourth-order valence-corrected chi connectivity index (χ4v) is 3.23. The third-order valence-electron chi connectivity index (χ3n) is 4.58. The Kier molecular flexibility index (Phi) is 5.71. The molecular weight excluding hydrogens is 322 g/mol. The highest BCUT2D eigenvalue weighted by Crippen LogP contribution is 2.20. The van der Waals surface area contributed by atoms with Gasteiger partial charge in [0.1, 0.15) is 5.65 Å². The molecule has 26 heavy (non-hydrogen) atoms. The van der Waals surface area contributed by atoms with Gasteiger partial charge in [0, 0.05) is 36.4 Å². The van der Waals surface area contributed by atoms with Crippen molar-refractivity contribution in [1.82, 2.24) is 14.9 Å². The average Bonchev–Trinajstić information content (AvgIpc) is 2.99. The third-order valence-corrected chi connectivity index (χ3v) is 4.58. The van der Waals surface area contributed by atoms with Gasteiger partial charge in [-0.25, -0.2) is 4.98 Å². The first kappa shape index (κ1) is 18.2. The minimum Gasteiger partial charge on any atom is -0.352 e. The largest absolute Gasteiger partial charge is 0.352 e. The number of fused-ring (bicyclic) bond motifs is 1. The Hall–Kier alpha value is -2.62. The van der Waals surface area contributed by atoms with Crippen molar-refractivity contribution in [3.63, 3.8) is 0 Å². The molecule has 0 aliphatic rings. The maximum Gasteiger partial charge on any atom is 0.251 e. The lowest BCUT2D eigenvalue weighted by Crippen LogP contribution is -2.25. The number of nitrogens with one attached hydrogen (secondary N) is 1. The Morgan fingerprint density at radius 1 is 1.19 bits per heavy atom. The van der Waals surface area contributed by atoms with Gasteiger partial charge in [-0.3, -0.25) is 4.79 Å². The summed E-state index contributed by atoms with van der Waals surface area (Å²) < 4.78 is 2.22. The minimum absolute atomic E-state index is 0.0169. The number of aromatic nitrogens is 2. The molecule has 0 saturated carbocycles. The quantitative estimate of drug-likeness (QED) is 0.694. The number of aryl methyl sites for hydroxylation is 1. The lowest BCUT2D eigenvalue weighted by molar-refractivity contribution is 0.0954. The molecule has 1 amide bonds. The Labute approximate surface area is 155 Å². The molecule has 0 radical (unpaired) electrons. The van der Waals surface area contributed by atoms with Crippen molar-refractivity contribution in [2.75, 3.05) is 6.54 Å². The number of benzene rings is 1. The third kappa shape index (κ3) is 4.13. The SMILES string of the molecule is CCc1ccc(C(=O)NCCc2cn(CC(C)C)c3ncccc23)cc1. The first-order valence-corrected chi connectivity index (χ1v) is 9.38. The van der Waals surface area contributed by atoms with Crippen LogP contribution in [0.1, 0.15) is 42.3 Å². The topological polar surface area (TPSA) is 46.9 Å². The van der Waals surface area contributed by atoms with E-state index in [1.165, 1.54) is 16.5 Å². The molecule has 0 unspecified atom stereocenters. The summed E-state index contributed by atoms with van der Waals surface area (Å²) in [6.45, 7) is 8.09. The smallest absolute Gasteiger partial charge is 0.251 e. The molecule has 2 heterocycles. The van der Waals surface area contributed by atoms with Gasteiger partial charge in [0.2, 0.25) is 0 Å². The molecule has 0 atom stereocenters. The van der Waals surface area contributed by atoms with E-state index in [0.717, 1.165) is 25.0 Å². The molecule has 0 fully saturated rings. The van der Waals surface area contributed by atoms with Gasteiger partial charge in [-0.2, -0.15) is 0 Å². The summed E-state index contributed by atoms with van der Waals surface area (Å²) in [5.74, 6) is 0.544. The van der Waals surface area contributed by atoms with Crippen molar-refractivity contribution in [2.45, 2.75) is 40.2 Å². The standard InChI is InChI=1S/C22H27N3O/c1-4-17-7-9-18(10-8-17)22(26)24-13-11-19-15-25(14-16(2)3)21-20(19)6-5-12-23-21/h5-10,12,15-16H,4,11,13-14H2,1-3H3,(H,24,26). The summed E-state index contributed by atoms with van der Waals surface area (Å²) in [4.78, 5) is 16.9. The second-order valence-corrected chi connectivity index (χ2v) is 7.13. The van der Waals surface area contributed by atoms with Crippen LogP contribution in [0.15, 0.2) is 48.8 Å². The highest BCUT2D eigenvalue weighted by molar-refractivity contribution is 5.94. The van der Waals surface area contributed by atoms with E-state index in [4.69, 9.17) is 0 Å². The predicted molar refractivity (Wildman–Crippen MR) is 106 cm³/mol. The molecule has 0 saturated heterocycles. The van der Waals surface area contributed by atoms with E-state index in [1.54, 1.807) is 0 Å². The van der Waals surface area contributed by atoms with Crippen LogP contribution in [0, 0.1) is 5.92 Å². The first-order valence-electron chi connectivity index (χ1n) is 9.38. The summed E-state index contributed by atoms with van der Waals surface area (Å²) in [6.07, 6.45) is 5.80. The van der Waals surface area contributed by atoms with Gasteiger partial charge < -0.3 is 9.88 Å². The zero-order chi connectivity index (χ0) is 18.5. The highest BCUT2D eigenvalue weighted by Gasteiger charge is 2.11. The second kappa shape index (κ2) is 8.17. The van der Waals surface area contributed by atoms with E-state index in [9.17, 15) is 4.79 Å². The summed E-state index contributed by atoms with van der Waals surface area (Å²) in [5.41, 5.74) is 4.21. The molecule has 3 rings (SSSR count). The zero-order valence-corrected chi connectivity index (χ0v) is 15.8. The van der Waals surface area contributed by atoms with Crippen LogP contribution in [-0.4, -0.2) is 22.0 Å². The van der Waals surface area contributed by atoms with E-state index < -0.39 is 0 Å². The molecule has 2 aromatic heterocycles. The average molecular weight is 349 g/mol. The van der Waals surface area contributed by atoms with E-state index >= 15 is 0 Å². The van der Waals surface area contributed by atoms with Gasteiger partial charge in [-0.1, -0.05) is 32.9 Å². The number of pyridine rings is 1. The second-order valence-electron chi connectivity index (χ2n) is 7.13. The van der Waals surface area contributed by atoms with Crippen molar-refractivity contribution < 1.29 is 4.79 Å². The number of hydrogen-bond acceptors (Lipinski definition) is 2. The highest BCUT2D eigenvalue weighted by atomic mass is 16.1. The molecule has 4 heteroatoms. The molecular formula is C22H27N3O. The van der Waals surface area contributed by atoms with E-state index in [2.05, 4.69) is 47.9 Å². The lowest BCUT2D eigenvalue weighted by atomic mass is 10.1. The Bertz CT molecular complexity index is 878. The number of nitrogens with zero attached hydrogens (tertiary/aromatic N) is 2. The monoisotopic (exact) mass is 349 g/mol. The summed E-state index contributed by atoms with van der Waals surface area (Å²) in [7, 11) is 0. The number of amides is 1. The molecule has 0 spiro atoms. The molecule has 1 aromatic carbocycles. The van der Waals surface area contributed by atoms with Crippen molar-refractivity contribution in [3.8, 4) is 0 Å². The molecule has 0 aliphatic carbocycles. The normalized spacial score (nSPS) is 11.2. The van der Waals surface area contributed by atoms with Crippen molar-refractivity contribution in [2.24, 2.45) is 5.92 Å². The van der Waals surface area contributed by atoms with Crippen molar-refractivity contribution in [3.05, 3.63) is 65.5 Å². The zero-order valence-electron chi connectivity index (χ0n) is 15.8. The fraction of sp³-hybridized carbons (Fsp3) is 0.364. The molecule has 4 nitrogen and oxygen atoms in total. The lowest BCUT2D eigenvalue weighted by Gasteiger charge is -2.07. The Morgan fingerprint density at radius 2 is 1.96 bits per heavy atom. The maximum absolute atomic E-state index is 12.3. The van der Waals surface area contributed by atoms with Crippen LogP contribution in [0.4, 0.5) is 0 Å². The van der Waals surface area contributed by atoms with Crippen LogP contribution in [0.3, 0.4) is 0 Å². The first-order chi connectivity index (χ1) is 12.6. The summed E-state index contributed by atoms with van der Waals surface area (Å²) in [6, 6.07) is 11.9. The molecule has 136 valence electrons. The van der Waals surface area contributed by atoms with Gasteiger partial charge >= 0.3 is 0 Å². The van der Waals surface area contributed by atoms with Crippen LogP contribution >= 0.6 is 0 Å². The molecule has 3 aromatic rings. The van der Waals surface area contributed by atoms with Gasteiger partial charge in [-0.05, 0) is 54.2 Å². The Morgan fingerprint density at radius 3 is 2.65 bits per heavy atom. The maximum atomic E-state index is 12.3. The van der Waals surface area contributed by atoms with Gasteiger partial charge in [-0.15, -0.1) is 0 Å². The van der Waals surface area contributed by atoms with E-state index in [-0.39, 0.29) is 5.91 Å². The minimum atomic E-state index is -0.0169. The van der Waals surface area contributed by atoms with Crippen molar-refractivity contribution in [1.29, 1.82) is 0 Å². The van der Waals surface area contributed by atoms with Gasteiger partial charge in [0.15, 0.2) is 0 Å². The summed E-state index contributed by atoms with van der Waals surface area (Å²) >= 11 is 0. The molecule has 1 N–H and O–H groups in total. The number of hydrogen-bond donors (Lipinski definition) is 1.